The zero-order valence-electron chi connectivity index (χ0n) is 11.2. The van der Waals surface area contributed by atoms with Crippen molar-refractivity contribution in [3.63, 3.8) is 0 Å². The van der Waals surface area contributed by atoms with Crippen LogP contribution in [0.5, 0.6) is 5.75 Å². The van der Waals surface area contributed by atoms with E-state index in [0.29, 0.717) is 22.7 Å². The molecule has 0 aliphatic rings. The normalized spacial score (nSPS) is 10.2. The lowest BCUT2D eigenvalue weighted by Crippen LogP contribution is -2.15. The molecule has 4 nitrogen and oxygen atoms in total. The highest BCUT2D eigenvalue weighted by Crippen LogP contribution is 2.20. The monoisotopic (exact) mass is 274 g/mol. The van der Waals surface area contributed by atoms with Crippen molar-refractivity contribution < 1.29 is 13.9 Å². The van der Waals surface area contributed by atoms with Crippen molar-refractivity contribution in [3.8, 4) is 5.75 Å². The summed E-state index contributed by atoms with van der Waals surface area (Å²) < 4.78 is 19.0. The Bertz CT molecular complexity index is 656. The van der Waals surface area contributed by atoms with Crippen LogP contribution in [0.25, 0.3) is 0 Å². The van der Waals surface area contributed by atoms with Crippen molar-refractivity contribution in [2.75, 3.05) is 18.2 Å². The Morgan fingerprint density at radius 2 is 2.05 bits per heavy atom. The first-order chi connectivity index (χ1) is 9.51. The Morgan fingerprint density at radius 3 is 2.75 bits per heavy atom. The summed E-state index contributed by atoms with van der Waals surface area (Å²) in [6, 6.07) is 9.62. The molecule has 0 spiro atoms. The number of hydrogen-bond donors (Lipinski definition) is 2. The number of aryl methyl sites for hydroxylation is 1. The second kappa shape index (κ2) is 5.61. The van der Waals surface area contributed by atoms with Crippen LogP contribution >= 0.6 is 0 Å². The maximum absolute atomic E-state index is 13.9. The maximum Gasteiger partial charge on any atom is 0.258 e. The lowest BCUT2D eigenvalue weighted by molar-refractivity contribution is 0.102. The number of carbonyl (C=O) groups excluding carboxylic acids is 1. The van der Waals surface area contributed by atoms with Gasteiger partial charge in [-0.1, -0.05) is 6.07 Å². The maximum atomic E-state index is 13.9. The lowest BCUT2D eigenvalue weighted by atomic mass is 10.1. The molecule has 20 heavy (non-hydrogen) atoms. The fourth-order valence-electron chi connectivity index (χ4n) is 1.86. The van der Waals surface area contributed by atoms with Crippen LogP contribution in [0.2, 0.25) is 0 Å². The summed E-state index contributed by atoms with van der Waals surface area (Å²) in [7, 11) is 1.53. The lowest BCUT2D eigenvalue weighted by Gasteiger charge is -2.09. The molecular formula is C15H15FN2O2. The van der Waals surface area contributed by atoms with E-state index in [1.54, 1.807) is 31.2 Å². The number of nitrogen functional groups attached to an aromatic ring is 1. The minimum atomic E-state index is -0.570. The number of benzene rings is 2. The van der Waals surface area contributed by atoms with Gasteiger partial charge in [-0.15, -0.1) is 0 Å². The van der Waals surface area contributed by atoms with Gasteiger partial charge in [-0.25, -0.2) is 4.39 Å². The zero-order chi connectivity index (χ0) is 14.7. The van der Waals surface area contributed by atoms with Gasteiger partial charge in [0.2, 0.25) is 0 Å². The van der Waals surface area contributed by atoms with Gasteiger partial charge in [0.25, 0.3) is 5.91 Å². The first-order valence-electron chi connectivity index (χ1n) is 6.02. The molecule has 2 aromatic carbocycles. The van der Waals surface area contributed by atoms with Crippen LogP contribution in [-0.2, 0) is 0 Å². The molecule has 2 rings (SSSR count). The predicted octanol–water partition coefficient (Wildman–Crippen LogP) is 2.98. The summed E-state index contributed by atoms with van der Waals surface area (Å²) >= 11 is 0. The Kier molecular flexibility index (Phi) is 3.89. The number of halogens is 1. The third-order valence-electron chi connectivity index (χ3n) is 2.85. The third kappa shape index (κ3) is 2.88. The number of carbonyl (C=O) groups is 1. The quantitative estimate of drug-likeness (QED) is 0.846. The van der Waals surface area contributed by atoms with E-state index < -0.39 is 11.7 Å². The summed E-state index contributed by atoms with van der Waals surface area (Å²) in [6.07, 6.45) is 0. The minimum absolute atomic E-state index is 0.0784. The molecule has 0 bridgehead atoms. The van der Waals surface area contributed by atoms with Gasteiger partial charge < -0.3 is 15.8 Å². The van der Waals surface area contributed by atoms with E-state index in [9.17, 15) is 9.18 Å². The van der Waals surface area contributed by atoms with Crippen molar-refractivity contribution in [2.45, 2.75) is 6.92 Å². The van der Waals surface area contributed by atoms with Crippen LogP contribution in [0, 0.1) is 12.7 Å². The van der Waals surface area contributed by atoms with Gasteiger partial charge in [-0.2, -0.15) is 0 Å². The molecule has 0 aliphatic heterocycles. The highest BCUT2D eigenvalue weighted by molar-refractivity contribution is 6.05. The van der Waals surface area contributed by atoms with Gasteiger partial charge in [-0.3, -0.25) is 4.79 Å². The number of anilines is 2. The van der Waals surface area contributed by atoms with Crippen LogP contribution in [0.4, 0.5) is 15.8 Å². The van der Waals surface area contributed by atoms with Crippen LogP contribution in [0.15, 0.2) is 36.4 Å². The second-order valence-corrected chi connectivity index (χ2v) is 4.39. The number of rotatable bonds is 3. The molecule has 0 aromatic heterocycles. The molecule has 0 saturated heterocycles. The molecule has 0 radical (unpaired) electrons. The molecule has 0 saturated carbocycles. The number of ether oxygens (including phenoxy) is 1. The van der Waals surface area contributed by atoms with Crippen molar-refractivity contribution in [1.82, 2.24) is 0 Å². The largest absolute Gasteiger partial charge is 0.497 e. The summed E-state index contributed by atoms with van der Waals surface area (Å²) in [5, 5.41) is 2.61. The molecule has 0 unspecified atom stereocenters. The standard InChI is InChI=1S/C15H15FN2O2/c1-9-6-10(17)7-13(14(9)16)15(19)18-11-4-3-5-12(8-11)20-2/h3-8H,17H2,1-2H3,(H,18,19). The van der Waals surface area contributed by atoms with E-state index in [2.05, 4.69) is 5.32 Å². The van der Waals surface area contributed by atoms with Crippen molar-refractivity contribution in [1.29, 1.82) is 0 Å². The highest BCUT2D eigenvalue weighted by atomic mass is 19.1. The fourth-order valence-corrected chi connectivity index (χ4v) is 1.86. The van der Waals surface area contributed by atoms with E-state index in [0.717, 1.165) is 0 Å². The van der Waals surface area contributed by atoms with Crippen LogP contribution in [-0.4, -0.2) is 13.0 Å². The van der Waals surface area contributed by atoms with E-state index in [-0.39, 0.29) is 5.56 Å². The minimum Gasteiger partial charge on any atom is -0.497 e. The summed E-state index contributed by atoms with van der Waals surface area (Å²) in [5.74, 6) is -0.516. The first kappa shape index (κ1) is 13.9. The number of methoxy groups -OCH3 is 1. The Labute approximate surface area is 116 Å². The average molecular weight is 274 g/mol. The van der Waals surface area contributed by atoms with Gasteiger partial charge in [0.15, 0.2) is 0 Å². The van der Waals surface area contributed by atoms with Crippen LogP contribution in [0.1, 0.15) is 15.9 Å². The molecule has 0 aliphatic carbocycles. The van der Waals surface area contributed by atoms with E-state index in [1.807, 2.05) is 0 Å². The Hall–Kier alpha value is -2.56. The number of nitrogens with two attached hydrogens (primary N) is 1. The second-order valence-electron chi connectivity index (χ2n) is 4.39. The van der Waals surface area contributed by atoms with E-state index in [1.165, 1.54) is 19.2 Å². The number of nitrogens with one attached hydrogen (secondary N) is 1. The summed E-state index contributed by atoms with van der Waals surface area (Å²) in [4.78, 5) is 12.1. The number of amides is 1. The van der Waals surface area contributed by atoms with Crippen molar-refractivity contribution in [2.24, 2.45) is 0 Å². The van der Waals surface area contributed by atoms with Crippen LogP contribution in [0.3, 0.4) is 0 Å². The summed E-state index contributed by atoms with van der Waals surface area (Å²) in [6.45, 7) is 1.56. The van der Waals surface area contributed by atoms with Crippen molar-refractivity contribution >= 4 is 17.3 Å². The van der Waals surface area contributed by atoms with Gasteiger partial charge in [0, 0.05) is 17.4 Å². The molecule has 0 fully saturated rings. The van der Waals surface area contributed by atoms with Crippen molar-refractivity contribution in [3.05, 3.63) is 53.3 Å². The SMILES string of the molecule is COc1cccc(NC(=O)c2cc(N)cc(C)c2F)c1. The zero-order valence-corrected chi connectivity index (χ0v) is 11.2. The van der Waals surface area contributed by atoms with Gasteiger partial charge >= 0.3 is 0 Å². The van der Waals surface area contributed by atoms with Crippen LogP contribution < -0.4 is 15.8 Å². The molecule has 1 amide bonds. The molecular weight excluding hydrogens is 259 g/mol. The van der Waals surface area contributed by atoms with Gasteiger partial charge in [0.05, 0.1) is 12.7 Å². The molecule has 0 heterocycles. The van der Waals surface area contributed by atoms with E-state index >= 15 is 0 Å². The smallest absolute Gasteiger partial charge is 0.258 e. The molecule has 104 valence electrons. The first-order valence-corrected chi connectivity index (χ1v) is 6.02. The molecule has 3 N–H and O–H groups in total. The van der Waals surface area contributed by atoms with Gasteiger partial charge in [0.1, 0.15) is 11.6 Å². The number of hydrogen-bond acceptors (Lipinski definition) is 3. The topological polar surface area (TPSA) is 64.3 Å². The fraction of sp³-hybridized carbons (Fsp3) is 0.133. The summed E-state index contributed by atoms with van der Waals surface area (Å²) in [5.41, 5.74) is 6.76. The van der Waals surface area contributed by atoms with Gasteiger partial charge in [-0.05, 0) is 36.8 Å². The Morgan fingerprint density at radius 1 is 1.30 bits per heavy atom. The average Bonchev–Trinajstić information content (AvgIpc) is 2.43. The molecule has 5 heteroatoms. The highest BCUT2D eigenvalue weighted by Gasteiger charge is 2.15. The Balaban J connectivity index is 2.28. The van der Waals surface area contributed by atoms with E-state index in [4.69, 9.17) is 10.5 Å². The third-order valence-corrected chi connectivity index (χ3v) is 2.85. The molecule has 2 aromatic rings. The predicted molar refractivity (Wildman–Crippen MR) is 76.5 cm³/mol. The molecule has 0 atom stereocenters.